The second-order valence-corrected chi connectivity index (χ2v) is 8.74. The lowest BCUT2D eigenvalue weighted by atomic mass is 10.0. The van der Waals surface area contributed by atoms with Crippen molar-refractivity contribution in [3.05, 3.63) is 94.3 Å². The summed E-state index contributed by atoms with van der Waals surface area (Å²) >= 11 is 6.12. The topological polar surface area (TPSA) is 59.7 Å². The van der Waals surface area contributed by atoms with E-state index in [1.807, 2.05) is 48.5 Å². The van der Waals surface area contributed by atoms with Crippen molar-refractivity contribution in [3.8, 4) is 11.8 Å². The molecule has 3 aromatic rings. The molecule has 4 rings (SSSR count). The molecule has 1 aliphatic heterocycles. The Labute approximate surface area is 204 Å². The molecular weight excluding hydrogens is 453 g/mol. The van der Waals surface area contributed by atoms with E-state index in [4.69, 9.17) is 26.7 Å². The van der Waals surface area contributed by atoms with Crippen LogP contribution in [-0.4, -0.2) is 49.4 Å². The molecule has 1 N–H and O–H groups in total. The number of anilines is 1. The van der Waals surface area contributed by atoms with Crippen molar-refractivity contribution >= 4 is 17.3 Å². The SMILES string of the molecule is N#Cc1ccc(CCN2CCN(c3ccc(OCCO)cc3F)[C@H](c3ccc(Cl)cc3)C2)cc1. The molecular formula is C27H27ClFN3O2. The van der Waals surface area contributed by atoms with Gasteiger partial charge in [0.05, 0.1) is 30.0 Å². The minimum absolute atomic E-state index is 0.0364. The number of halogens is 2. The predicted molar refractivity (Wildman–Crippen MR) is 132 cm³/mol. The summed E-state index contributed by atoms with van der Waals surface area (Å²) in [5.74, 6) is 0.0554. The zero-order chi connectivity index (χ0) is 23.9. The van der Waals surface area contributed by atoms with Crippen LogP contribution in [0.1, 0.15) is 22.7 Å². The van der Waals surface area contributed by atoms with Crippen molar-refractivity contribution in [3.63, 3.8) is 0 Å². The van der Waals surface area contributed by atoms with Crippen LogP contribution in [-0.2, 0) is 6.42 Å². The Morgan fingerprint density at radius 3 is 2.50 bits per heavy atom. The van der Waals surface area contributed by atoms with E-state index in [0.717, 1.165) is 31.6 Å². The molecule has 1 aliphatic rings. The zero-order valence-corrected chi connectivity index (χ0v) is 19.6. The van der Waals surface area contributed by atoms with Crippen molar-refractivity contribution in [2.24, 2.45) is 0 Å². The van der Waals surface area contributed by atoms with E-state index in [-0.39, 0.29) is 25.1 Å². The molecule has 0 aliphatic carbocycles. The van der Waals surface area contributed by atoms with E-state index in [0.29, 0.717) is 28.6 Å². The molecule has 0 radical (unpaired) electrons. The number of hydrogen-bond donors (Lipinski definition) is 1. The van der Waals surface area contributed by atoms with Crippen molar-refractivity contribution in [1.29, 1.82) is 5.26 Å². The van der Waals surface area contributed by atoms with Crippen molar-refractivity contribution in [1.82, 2.24) is 4.90 Å². The average Bonchev–Trinajstić information content (AvgIpc) is 2.87. The minimum Gasteiger partial charge on any atom is -0.491 e. The first-order valence-corrected chi connectivity index (χ1v) is 11.7. The first-order valence-electron chi connectivity index (χ1n) is 11.3. The van der Waals surface area contributed by atoms with Gasteiger partial charge in [0.2, 0.25) is 0 Å². The van der Waals surface area contributed by atoms with Gasteiger partial charge < -0.3 is 14.7 Å². The van der Waals surface area contributed by atoms with Gasteiger partial charge in [-0.05, 0) is 53.9 Å². The number of ether oxygens (including phenoxy) is 1. The first-order chi connectivity index (χ1) is 16.6. The number of aliphatic hydroxyl groups excluding tert-OH is 1. The molecule has 7 heteroatoms. The minimum atomic E-state index is -0.347. The Kier molecular flexibility index (Phi) is 8.02. The van der Waals surface area contributed by atoms with Gasteiger partial charge in [-0.3, -0.25) is 4.90 Å². The number of aliphatic hydroxyl groups is 1. The summed E-state index contributed by atoms with van der Waals surface area (Å²) in [4.78, 5) is 4.50. The highest BCUT2D eigenvalue weighted by molar-refractivity contribution is 6.30. The fourth-order valence-corrected chi connectivity index (χ4v) is 4.43. The molecule has 1 saturated heterocycles. The summed E-state index contributed by atoms with van der Waals surface area (Å²) < 4.78 is 20.5. The van der Waals surface area contributed by atoms with E-state index in [1.54, 1.807) is 12.1 Å². The fraction of sp³-hybridized carbons (Fsp3) is 0.296. The van der Waals surface area contributed by atoms with Gasteiger partial charge in [-0.1, -0.05) is 35.9 Å². The Bertz CT molecular complexity index is 1130. The Morgan fingerprint density at radius 2 is 1.82 bits per heavy atom. The van der Waals surface area contributed by atoms with E-state index in [9.17, 15) is 0 Å². The summed E-state index contributed by atoms with van der Waals surface area (Å²) in [5.41, 5.74) is 3.46. The van der Waals surface area contributed by atoms with Gasteiger partial charge in [0.15, 0.2) is 0 Å². The second kappa shape index (κ2) is 11.3. The maximum absolute atomic E-state index is 15.1. The highest BCUT2D eigenvalue weighted by Crippen LogP contribution is 2.34. The lowest BCUT2D eigenvalue weighted by Gasteiger charge is -2.43. The number of hydrogen-bond acceptors (Lipinski definition) is 5. The van der Waals surface area contributed by atoms with Gasteiger partial charge in [-0.15, -0.1) is 0 Å². The molecule has 0 spiro atoms. The van der Waals surface area contributed by atoms with Gasteiger partial charge in [0.1, 0.15) is 18.2 Å². The lowest BCUT2D eigenvalue weighted by molar-refractivity contribution is 0.201. The monoisotopic (exact) mass is 479 g/mol. The predicted octanol–water partition coefficient (Wildman–Crippen LogP) is 4.83. The molecule has 0 aromatic heterocycles. The van der Waals surface area contributed by atoms with Crippen molar-refractivity contribution in [2.75, 3.05) is 44.3 Å². The lowest BCUT2D eigenvalue weighted by Crippen LogP contribution is -2.49. The molecule has 34 heavy (non-hydrogen) atoms. The number of nitrogens with zero attached hydrogens (tertiary/aromatic N) is 3. The second-order valence-electron chi connectivity index (χ2n) is 8.31. The van der Waals surface area contributed by atoms with Crippen LogP contribution in [0.4, 0.5) is 10.1 Å². The number of piperazine rings is 1. The Balaban J connectivity index is 1.52. The fourth-order valence-electron chi connectivity index (χ4n) is 4.31. The van der Waals surface area contributed by atoms with Gasteiger partial charge >= 0.3 is 0 Å². The highest BCUT2D eigenvalue weighted by atomic mass is 35.5. The third-order valence-corrected chi connectivity index (χ3v) is 6.36. The van der Waals surface area contributed by atoms with Gasteiger partial charge in [-0.2, -0.15) is 5.26 Å². The van der Waals surface area contributed by atoms with Gasteiger partial charge in [-0.25, -0.2) is 4.39 Å². The quantitative estimate of drug-likeness (QED) is 0.501. The van der Waals surface area contributed by atoms with E-state index < -0.39 is 0 Å². The molecule has 0 unspecified atom stereocenters. The van der Waals surface area contributed by atoms with Crippen molar-refractivity contribution < 1.29 is 14.2 Å². The summed E-state index contributed by atoms with van der Waals surface area (Å²) in [6.07, 6.45) is 0.879. The van der Waals surface area contributed by atoms with E-state index >= 15 is 4.39 Å². The van der Waals surface area contributed by atoms with Crippen LogP contribution >= 0.6 is 11.6 Å². The molecule has 0 amide bonds. The molecule has 1 fully saturated rings. The number of rotatable bonds is 8. The molecule has 0 bridgehead atoms. The molecule has 1 heterocycles. The normalized spacial score (nSPS) is 16.3. The maximum atomic E-state index is 15.1. The zero-order valence-electron chi connectivity index (χ0n) is 18.8. The summed E-state index contributed by atoms with van der Waals surface area (Å²) in [5, 5.41) is 18.6. The van der Waals surface area contributed by atoms with Gasteiger partial charge in [0.25, 0.3) is 0 Å². The average molecular weight is 480 g/mol. The Morgan fingerprint density at radius 1 is 1.06 bits per heavy atom. The molecule has 176 valence electrons. The first kappa shape index (κ1) is 24.0. The molecule has 3 aromatic carbocycles. The number of nitriles is 1. The van der Waals surface area contributed by atoms with Crippen LogP contribution < -0.4 is 9.64 Å². The van der Waals surface area contributed by atoms with Crippen LogP contribution in [0.15, 0.2) is 66.7 Å². The van der Waals surface area contributed by atoms with Crippen LogP contribution in [0.3, 0.4) is 0 Å². The Hall–Kier alpha value is -3.11. The largest absolute Gasteiger partial charge is 0.491 e. The van der Waals surface area contributed by atoms with E-state index in [1.165, 1.54) is 11.6 Å². The highest BCUT2D eigenvalue weighted by Gasteiger charge is 2.30. The summed E-state index contributed by atoms with van der Waals surface area (Å²) in [7, 11) is 0. The summed E-state index contributed by atoms with van der Waals surface area (Å²) in [6.45, 7) is 3.12. The van der Waals surface area contributed by atoms with Crippen LogP contribution in [0.2, 0.25) is 5.02 Å². The molecule has 5 nitrogen and oxygen atoms in total. The smallest absolute Gasteiger partial charge is 0.150 e. The van der Waals surface area contributed by atoms with Crippen LogP contribution in [0.5, 0.6) is 5.75 Å². The van der Waals surface area contributed by atoms with E-state index in [2.05, 4.69) is 15.9 Å². The number of benzene rings is 3. The van der Waals surface area contributed by atoms with Gasteiger partial charge in [0, 0.05) is 37.3 Å². The standard InChI is InChI=1S/C27H27ClFN3O2/c28-23-7-5-22(6-8-23)27-19-31(12-11-20-1-3-21(18-30)4-2-20)13-14-32(27)26-10-9-24(17-25(26)29)34-16-15-33/h1-10,17,27,33H,11-16,19H2/t27-/m0/s1. The van der Waals surface area contributed by atoms with Crippen LogP contribution in [0, 0.1) is 17.1 Å². The molecule has 0 saturated carbocycles. The maximum Gasteiger partial charge on any atom is 0.150 e. The van der Waals surface area contributed by atoms with Crippen molar-refractivity contribution in [2.45, 2.75) is 12.5 Å². The third-order valence-electron chi connectivity index (χ3n) is 6.11. The van der Waals surface area contributed by atoms with Crippen LogP contribution in [0.25, 0.3) is 0 Å². The summed E-state index contributed by atoms with van der Waals surface area (Å²) in [6, 6.07) is 22.4. The third kappa shape index (κ3) is 5.87. The molecule has 1 atom stereocenters.